The number of fused-ring (bicyclic) bond motifs is 3. The third-order valence-electron chi connectivity index (χ3n) is 3.26. The zero-order chi connectivity index (χ0) is 9.83. The molecule has 0 saturated carbocycles. The summed E-state index contributed by atoms with van der Waals surface area (Å²) in [4.78, 5) is 4.48. The van der Waals surface area contributed by atoms with Crippen molar-refractivity contribution in [3.8, 4) is 0 Å². The third kappa shape index (κ3) is 0.780. The molecule has 1 aliphatic heterocycles. The molecule has 15 heavy (non-hydrogen) atoms. The van der Waals surface area contributed by atoms with Gasteiger partial charge in [0.25, 0.3) is 0 Å². The molecule has 2 heteroatoms. The van der Waals surface area contributed by atoms with Crippen molar-refractivity contribution < 1.29 is 0 Å². The van der Waals surface area contributed by atoms with Crippen molar-refractivity contribution in [3.05, 3.63) is 41.6 Å². The molecule has 0 saturated heterocycles. The topological polar surface area (TPSA) is 17.3 Å². The number of benzene rings is 1. The van der Waals surface area contributed by atoms with Gasteiger partial charge in [0.05, 0.1) is 17.1 Å². The van der Waals surface area contributed by atoms with Gasteiger partial charge in [0, 0.05) is 17.2 Å². The highest BCUT2D eigenvalue weighted by molar-refractivity contribution is 5.98. The van der Waals surface area contributed by atoms with E-state index in [0.29, 0.717) is 0 Å². The second kappa shape index (κ2) is 2.40. The van der Waals surface area contributed by atoms with E-state index in [2.05, 4.69) is 39.7 Å². The first-order valence-corrected chi connectivity index (χ1v) is 5.32. The molecule has 2 nitrogen and oxygen atoms in total. The average molecular weight is 194 g/mol. The molecule has 0 spiro atoms. The van der Waals surface area contributed by atoms with Gasteiger partial charge in [-0.3, -0.25) is 4.40 Å². The van der Waals surface area contributed by atoms with Gasteiger partial charge in [-0.1, -0.05) is 30.3 Å². The molecule has 0 amide bonds. The van der Waals surface area contributed by atoms with Crippen LogP contribution in [-0.2, 0) is 6.42 Å². The maximum atomic E-state index is 4.48. The fourth-order valence-corrected chi connectivity index (χ4v) is 2.61. The Morgan fingerprint density at radius 2 is 2.00 bits per heavy atom. The Kier molecular flexibility index (Phi) is 1.19. The summed E-state index contributed by atoms with van der Waals surface area (Å²) in [5.41, 5.74) is 1.26. The summed E-state index contributed by atoms with van der Waals surface area (Å²) >= 11 is 0. The monoisotopic (exact) mass is 194 g/mol. The van der Waals surface area contributed by atoms with Gasteiger partial charge >= 0.3 is 0 Å². The molecule has 0 aliphatic carbocycles. The standard InChI is InChI=1S/C13H10N2/c1-2-5-10-9(4-1)11-6-3-7-13-14-8-12(10)15(11)13/h1-2,4-6,8H,3,7H2. The van der Waals surface area contributed by atoms with Gasteiger partial charge in [-0.25, -0.2) is 4.98 Å². The Morgan fingerprint density at radius 3 is 2.93 bits per heavy atom. The summed E-state index contributed by atoms with van der Waals surface area (Å²) in [6, 6.07) is 8.58. The Balaban J connectivity index is 2.47. The lowest BCUT2D eigenvalue weighted by Gasteiger charge is -2.02. The van der Waals surface area contributed by atoms with Crippen LogP contribution in [0.1, 0.15) is 12.2 Å². The summed E-state index contributed by atoms with van der Waals surface area (Å²) in [5, 5.41) is 4.01. The van der Waals surface area contributed by atoms with Gasteiger partial charge in [-0.2, -0.15) is 0 Å². The zero-order valence-corrected chi connectivity index (χ0v) is 8.27. The highest BCUT2D eigenvalue weighted by Gasteiger charge is 2.13. The van der Waals surface area contributed by atoms with Crippen molar-refractivity contribution >= 4 is 22.4 Å². The van der Waals surface area contributed by atoms with Gasteiger partial charge in [-0.05, 0) is 6.42 Å². The van der Waals surface area contributed by atoms with Crippen molar-refractivity contribution in [1.82, 2.24) is 9.38 Å². The van der Waals surface area contributed by atoms with Gasteiger partial charge in [0.1, 0.15) is 5.82 Å². The number of aryl methyl sites for hydroxylation is 1. The van der Waals surface area contributed by atoms with E-state index >= 15 is 0 Å². The first-order chi connectivity index (χ1) is 7.45. The molecule has 0 fully saturated rings. The van der Waals surface area contributed by atoms with Gasteiger partial charge in [-0.15, -0.1) is 0 Å². The fourth-order valence-electron chi connectivity index (χ4n) is 2.61. The Morgan fingerprint density at radius 1 is 1.13 bits per heavy atom. The number of imidazole rings is 1. The predicted octanol–water partition coefficient (Wildman–Crippen LogP) is 1.93. The SMILES string of the molecule is C1=c2c3ccccc3c3cnc(n23)CC1. The van der Waals surface area contributed by atoms with Crippen LogP contribution in [0.3, 0.4) is 0 Å². The Hall–Kier alpha value is -1.83. The molecule has 1 aliphatic rings. The highest BCUT2D eigenvalue weighted by atomic mass is 15.0. The van der Waals surface area contributed by atoms with Crippen LogP contribution in [0.2, 0.25) is 0 Å². The maximum Gasteiger partial charge on any atom is 0.114 e. The molecule has 0 bridgehead atoms. The highest BCUT2D eigenvalue weighted by Crippen LogP contribution is 2.21. The van der Waals surface area contributed by atoms with Crippen molar-refractivity contribution in [2.75, 3.05) is 0 Å². The molecule has 0 radical (unpaired) electrons. The first-order valence-electron chi connectivity index (χ1n) is 5.32. The number of rotatable bonds is 0. The number of hydrogen-bond donors (Lipinski definition) is 0. The summed E-state index contributed by atoms with van der Waals surface area (Å²) in [6.45, 7) is 0. The van der Waals surface area contributed by atoms with E-state index in [4.69, 9.17) is 0 Å². The second-order valence-electron chi connectivity index (χ2n) is 4.07. The van der Waals surface area contributed by atoms with Crippen LogP contribution in [0.5, 0.6) is 0 Å². The average Bonchev–Trinajstić information content (AvgIpc) is 2.85. The van der Waals surface area contributed by atoms with Crippen LogP contribution in [0.15, 0.2) is 30.5 Å². The van der Waals surface area contributed by atoms with Crippen molar-refractivity contribution in [1.29, 1.82) is 0 Å². The molecular formula is C13H10N2. The zero-order valence-electron chi connectivity index (χ0n) is 8.27. The molecule has 0 N–H and O–H groups in total. The molecule has 0 atom stereocenters. The lowest BCUT2D eigenvalue weighted by Crippen LogP contribution is -2.15. The van der Waals surface area contributed by atoms with Crippen molar-refractivity contribution in [3.63, 3.8) is 0 Å². The fraction of sp³-hybridized carbons (Fsp3) is 0.154. The van der Waals surface area contributed by atoms with E-state index in [1.54, 1.807) is 0 Å². The number of aromatic nitrogens is 2. The van der Waals surface area contributed by atoms with Crippen LogP contribution in [0, 0.1) is 0 Å². The number of hydrogen-bond acceptors (Lipinski definition) is 1. The molecule has 0 unspecified atom stereocenters. The second-order valence-corrected chi connectivity index (χ2v) is 4.07. The van der Waals surface area contributed by atoms with Crippen LogP contribution in [-0.4, -0.2) is 9.38 Å². The van der Waals surface area contributed by atoms with E-state index in [0.717, 1.165) is 12.8 Å². The molecule has 72 valence electrons. The summed E-state index contributed by atoms with van der Waals surface area (Å²) in [6.07, 6.45) is 6.50. The lowest BCUT2D eigenvalue weighted by atomic mass is 10.1. The van der Waals surface area contributed by atoms with E-state index in [9.17, 15) is 0 Å². The minimum absolute atomic E-state index is 1.07. The minimum Gasteiger partial charge on any atom is -0.296 e. The third-order valence-corrected chi connectivity index (χ3v) is 3.26. The quantitative estimate of drug-likeness (QED) is 0.534. The van der Waals surface area contributed by atoms with E-state index in [1.165, 1.54) is 27.5 Å². The molecule has 3 aromatic rings. The van der Waals surface area contributed by atoms with Crippen molar-refractivity contribution in [2.45, 2.75) is 12.8 Å². The lowest BCUT2D eigenvalue weighted by molar-refractivity contribution is 0.855. The smallest absolute Gasteiger partial charge is 0.114 e. The van der Waals surface area contributed by atoms with Crippen LogP contribution in [0.25, 0.3) is 22.4 Å². The van der Waals surface area contributed by atoms with Crippen LogP contribution < -0.4 is 5.35 Å². The minimum atomic E-state index is 1.07. The van der Waals surface area contributed by atoms with E-state index < -0.39 is 0 Å². The summed E-state index contributed by atoms with van der Waals surface area (Å²) < 4.78 is 2.30. The van der Waals surface area contributed by atoms with E-state index in [1.807, 2.05) is 6.20 Å². The van der Waals surface area contributed by atoms with Crippen LogP contribution in [0.4, 0.5) is 0 Å². The largest absolute Gasteiger partial charge is 0.296 e. The molecule has 1 aromatic carbocycles. The molecule has 3 heterocycles. The first kappa shape index (κ1) is 7.46. The maximum absolute atomic E-state index is 4.48. The predicted molar refractivity (Wildman–Crippen MR) is 60.7 cm³/mol. The van der Waals surface area contributed by atoms with Gasteiger partial charge in [0.15, 0.2) is 0 Å². The van der Waals surface area contributed by atoms with Crippen LogP contribution >= 0.6 is 0 Å². The molecule has 4 rings (SSSR count). The van der Waals surface area contributed by atoms with Gasteiger partial charge in [0.2, 0.25) is 0 Å². The number of nitrogens with zero attached hydrogens (tertiary/aromatic N) is 2. The Bertz CT molecular complexity index is 722. The van der Waals surface area contributed by atoms with Gasteiger partial charge < -0.3 is 0 Å². The van der Waals surface area contributed by atoms with E-state index in [-0.39, 0.29) is 0 Å². The summed E-state index contributed by atoms with van der Waals surface area (Å²) in [7, 11) is 0. The Labute approximate surface area is 86.8 Å². The molecular weight excluding hydrogens is 184 g/mol. The van der Waals surface area contributed by atoms with Crippen molar-refractivity contribution in [2.24, 2.45) is 0 Å². The molecule has 2 aromatic heterocycles. The summed E-state index contributed by atoms with van der Waals surface area (Å²) in [5.74, 6) is 1.21. The normalized spacial score (nSPS) is 14.7.